The van der Waals surface area contributed by atoms with Gasteiger partial charge in [0.1, 0.15) is 5.82 Å². The number of rotatable bonds is 4. The lowest BCUT2D eigenvalue weighted by atomic mass is 10.1. The number of halogens is 1. The van der Waals surface area contributed by atoms with Crippen molar-refractivity contribution in [3.63, 3.8) is 0 Å². The van der Waals surface area contributed by atoms with Crippen LogP contribution >= 0.6 is 11.6 Å². The summed E-state index contributed by atoms with van der Waals surface area (Å²) in [6, 6.07) is 6.82. The Morgan fingerprint density at radius 1 is 1.30 bits per heavy atom. The van der Waals surface area contributed by atoms with Crippen molar-refractivity contribution in [3.8, 4) is 0 Å². The number of aryl methyl sites for hydroxylation is 1. The molecule has 108 valence electrons. The maximum atomic E-state index is 12.5. The molecule has 0 amide bonds. The summed E-state index contributed by atoms with van der Waals surface area (Å²) in [4.78, 5) is 6.68. The van der Waals surface area contributed by atoms with Gasteiger partial charge in [0.05, 0.1) is 6.20 Å². The summed E-state index contributed by atoms with van der Waals surface area (Å²) < 4.78 is 26.2. The molecule has 0 aliphatic heterocycles. The number of sulfonamides is 1. The van der Waals surface area contributed by atoms with Gasteiger partial charge in [-0.2, -0.15) is 4.31 Å². The van der Waals surface area contributed by atoms with Gasteiger partial charge in [-0.25, -0.2) is 13.4 Å². The third-order valence-corrected chi connectivity index (χ3v) is 5.32. The van der Waals surface area contributed by atoms with Crippen LogP contribution in [0.3, 0.4) is 0 Å². The zero-order chi connectivity index (χ0) is 14.9. The minimum atomic E-state index is -3.59. The Hall–Kier alpha value is -1.37. The van der Waals surface area contributed by atoms with Crippen LogP contribution in [0.1, 0.15) is 24.4 Å². The molecule has 0 bridgehead atoms. The summed E-state index contributed by atoms with van der Waals surface area (Å²) in [6.45, 7) is 3.53. The average molecular weight is 314 g/mol. The minimum absolute atomic E-state index is 0.0957. The number of aromatic amines is 1. The first kappa shape index (κ1) is 15.0. The number of aromatic nitrogens is 2. The Kier molecular flexibility index (Phi) is 4.17. The molecule has 0 saturated heterocycles. The van der Waals surface area contributed by atoms with E-state index in [0.29, 0.717) is 10.8 Å². The van der Waals surface area contributed by atoms with Crippen molar-refractivity contribution in [3.05, 3.63) is 46.9 Å². The molecule has 0 fully saturated rings. The zero-order valence-electron chi connectivity index (χ0n) is 11.5. The first-order valence-corrected chi connectivity index (χ1v) is 7.89. The topological polar surface area (TPSA) is 66.1 Å². The van der Waals surface area contributed by atoms with Gasteiger partial charge in [0, 0.05) is 18.1 Å². The molecule has 2 rings (SSSR count). The average Bonchev–Trinajstić information content (AvgIpc) is 2.85. The molecule has 20 heavy (non-hydrogen) atoms. The zero-order valence-corrected chi connectivity index (χ0v) is 13.0. The van der Waals surface area contributed by atoms with Gasteiger partial charge in [0.2, 0.25) is 0 Å². The molecule has 1 atom stereocenters. The maximum Gasteiger partial charge on any atom is 0.260 e. The molecule has 0 saturated carbocycles. The van der Waals surface area contributed by atoms with Crippen molar-refractivity contribution < 1.29 is 8.42 Å². The molecular formula is C13H16ClN3O2S. The number of H-pyrrole nitrogens is 1. The standard InChI is InChI=1S/C13H16ClN3O2S/c1-9(11-4-6-12(14)7-5-11)17(3)20(18,19)13-8-15-10(2)16-13/h4-9H,1-3H3,(H,15,16). The van der Waals surface area contributed by atoms with Gasteiger partial charge in [-0.3, -0.25) is 0 Å². The van der Waals surface area contributed by atoms with E-state index in [1.807, 2.05) is 19.1 Å². The van der Waals surface area contributed by atoms with Crippen molar-refractivity contribution in [2.24, 2.45) is 0 Å². The summed E-state index contributed by atoms with van der Waals surface area (Å²) >= 11 is 5.84. The van der Waals surface area contributed by atoms with Crippen LogP contribution in [0.2, 0.25) is 5.02 Å². The molecule has 2 aromatic rings. The van der Waals surface area contributed by atoms with Crippen LogP contribution in [-0.4, -0.2) is 29.7 Å². The third kappa shape index (κ3) is 2.87. The van der Waals surface area contributed by atoms with E-state index in [4.69, 9.17) is 11.6 Å². The second kappa shape index (κ2) is 5.55. The number of hydrogen-bond acceptors (Lipinski definition) is 3. The monoisotopic (exact) mass is 313 g/mol. The number of imidazole rings is 1. The number of nitrogens with zero attached hydrogens (tertiary/aromatic N) is 2. The molecular weight excluding hydrogens is 298 g/mol. The maximum absolute atomic E-state index is 12.5. The second-order valence-electron chi connectivity index (χ2n) is 4.58. The van der Waals surface area contributed by atoms with Crippen molar-refractivity contribution in [2.75, 3.05) is 7.05 Å². The van der Waals surface area contributed by atoms with Crippen molar-refractivity contribution in [1.29, 1.82) is 0 Å². The van der Waals surface area contributed by atoms with Gasteiger partial charge in [-0.15, -0.1) is 0 Å². The molecule has 1 aromatic heterocycles. The molecule has 1 N–H and O–H groups in total. The van der Waals surface area contributed by atoms with Crippen LogP contribution in [0, 0.1) is 6.92 Å². The van der Waals surface area contributed by atoms with Crippen LogP contribution in [0.4, 0.5) is 0 Å². The Balaban J connectivity index is 2.30. The second-order valence-corrected chi connectivity index (χ2v) is 6.98. The van der Waals surface area contributed by atoms with E-state index in [2.05, 4.69) is 9.97 Å². The first-order chi connectivity index (χ1) is 9.32. The Morgan fingerprint density at radius 3 is 2.40 bits per heavy atom. The fraction of sp³-hybridized carbons (Fsp3) is 0.308. The van der Waals surface area contributed by atoms with Gasteiger partial charge in [0.25, 0.3) is 10.0 Å². The quantitative estimate of drug-likeness (QED) is 0.944. The summed E-state index contributed by atoms with van der Waals surface area (Å²) in [5.74, 6) is 0.566. The summed E-state index contributed by atoms with van der Waals surface area (Å²) in [5.41, 5.74) is 0.872. The van der Waals surface area contributed by atoms with Gasteiger partial charge in [0.15, 0.2) is 5.03 Å². The van der Waals surface area contributed by atoms with Crippen LogP contribution in [0.25, 0.3) is 0 Å². The molecule has 0 spiro atoms. The lowest BCUT2D eigenvalue weighted by molar-refractivity contribution is 0.397. The van der Waals surface area contributed by atoms with Gasteiger partial charge in [-0.05, 0) is 31.5 Å². The van der Waals surface area contributed by atoms with Crippen molar-refractivity contribution in [2.45, 2.75) is 24.9 Å². The SMILES string of the molecule is Cc1ncc(S(=O)(=O)N(C)C(C)c2ccc(Cl)cc2)[nH]1. The highest BCUT2D eigenvalue weighted by Crippen LogP contribution is 2.25. The highest BCUT2D eigenvalue weighted by Gasteiger charge is 2.27. The number of hydrogen-bond donors (Lipinski definition) is 1. The normalized spacial score (nSPS) is 13.7. The number of benzene rings is 1. The molecule has 0 radical (unpaired) electrons. The molecule has 7 heteroatoms. The third-order valence-electron chi connectivity index (χ3n) is 3.23. The fourth-order valence-corrected chi connectivity index (χ4v) is 3.28. The predicted molar refractivity (Wildman–Crippen MR) is 78.1 cm³/mol. The molecule has 0 aliphatic carbocycles. The Labute approximate surface area is 123 Å². The van der Waals surface area contributed by atoms with E-state index < -0.39 is 10.0 Å². The smallest absolute Gasteiger partial charge is 0.260 e. The van der Waals surface area contributed by atoms with Gasteiger partial charge >= 0.3 is 0 Å². The van der Waals surface area contributed by atoms with E-state index in [-0.39, 0.29) is 11.1 Å². The fourth-order valence-electron chi connectivity index (χ4n) is 1.84. The van der Waals surface area contributed by atoms with Crippen LogP contribution in [0.15, 0.2) is 35.5 Å². The molecule has 5 nitrogen and oxygen atoms in total. The van der Waals surface area contributed by atoms with Crippen molar-refractivity contribution >= 4 is 21.6 Å². The van der Waals surface area contributed by atoms with Gasteiger partial charge < -0.3 is 4.98 Å². The number of nitrogens with one attached hydrogen (secondary N) is 1. The largest absolute Gasteiger partial charge is 0.332 e. The van der Waals surface area contributed by atoms with E-state index >= 15 is 0 Å². The minimum Gasteiger partial charge on any atom is -0.332 e. The highest BCUT2D eigenvalue weighted by molar-refractivity contribution is 7.89. The molecule has 1 aromatic carbocycles. The summed E-state index contributed by atoms with van der Waals surface area (Å²) in [7, 11) is -2.05. The lowest BCUT2D eigenvalue weighted by Crippen LogP contribution is -2.30. The van der Waals surface area contributed by atoms with Gasteiger partial charge in [-0.1, -0.05) is 23.7 Å². The van der Waals surface area contributed by atoms with Crippen molar-refractivity contribution in [1.82, 2.24) is 14.3 Å². The summed E-state index contributed by atoms with van der Waals surface area (Å²) in [5, 5.41) is 0.717. The Morgan fingerprint density at radius 2 is 1.90 bits per heavy atom. The Bertz CT molecular complexity index is 695. The van der Waals surface area contributed by atoms with E-state index in [1.165, 1.54) is 10.5 Å². The molecule has 0 aliphatic rings. The highest BCUT2D eigenvalue weighted by atomic mass is 35.5. The first-order valence-electron chi connectivity index (χ1n) is 6.07. The molecule has 1 heterocycles. The lowest BCUT2D eigenvalue weighted by Gasteiger charge is -2.23. The predicted octanol–water partition coefficient (Wildman–Crippen LogP) is 2.75. The summed E-state index contributed by atoms with van der Waals surface area (Å²) in [6.07, 6.45) is 1.33. The van der Waals surface area contributed by atoms with Crippen LogP contribution in [0.5, 0.6) is 0 Å². The van der Waals surface area contributed by atoms with E-state index in [0.717, 1.165) is 5.56 Å². The molecule has 1 unspecified atom stereocenters. The van der Waals surface area contributed by atoms with Crippen LogP contribution in [-0.2, 0) is 10.0 Å². The van der Waals surface area contributed by atoms with E-state index in [1.54, 1.807) is 26.1 Å². The van der Waals surface area contributed by atoms with Crippen LogP contribution < -0.4 is 0 Å². The van der Waals surface area contributed by atoms with E-state index in [9.17, 15) is 8.42 Å².